The van der Waals surface area contributed by atoms with E-state index in [0.29, 0.717) is 38.0 Å². The number of hydrogen-bond acceptors (Lipinski definition) is 4. The summed E-state index contributed by atoms with van der Waals surface area (Å²) in [7, 11) is 0. The maximum Gasteiger partial charge on any atom is 0.245 e. The van der Waals surface area contributed by atoms with Crippen molar-refractivity contribution in [2.24, 2.45) is 5.73 Å². The van der Waals surface area contributed by atoms with Crippen LogP contribution in [0.1, 0.15) is 38.2 Å². The number of rotatable bonds is 11. The van der Waals surface area contributed by atoms with Crippen molar-refractivity contribution in [2.45, 2.75) is 50.5 Å². The summed E-state index contributed by atoms with van der Waals surface area (Å²) < 4.78 is 30.8. The van der Waals surface area contributed by atoms with Gasteiger partial charge in [-0.3, -0.25) is 0 Å². The van der Waals surface area contributed by atoms with Crippen molar-refractivity contribution >= 4 is 0 Å². The average molecular weight is 331 g/mol. The molecular formula is C17H27F2NO3. The van der Waals surface area contributed by atoms with Gasteiger partial charge in [0.25, 0.3) is 0 Å². The number of nitrogens with two attached hydrogens (primary N) is 1. The van der Waals surface area contributed by atoms with Gasteiger partial charge in [-0.1, -0.05) is 12.1 Å². The van der Waals surface area contributed by atoms with Gasteiger partial charge in [0.15, 0.2) is 0 Å². The molecule has 6 heteroatoms. The second kappa shape index (κ2) is 9.15. The Balaban J connectivity index is 2.31. The van der Waals surface area contributed by atoms with E-state index in [1.807, 2.05) is 24.3 Å². The fraction of sp³-hybridized carbons (Fsp3) is 0.647. The lowest BCUT2D eigenvalue weighted by molar-refractivity contribution is 0.00972. The molecule has 0 unspecified atom stereocenters. The minimum absolute atomic E-state index is 0.119. The number of hydrogen-bond donors (Lipinski definition) is 3. The molecule has 0 spiro atoms. The summed E-state index contributed by atoms with van der Waals surface area (Å²) in [6, 6.07) is 7.43. The molecule has 0 aliphatic rings. The zero-order valence-electron chi connectivity index (χ0n) is 13.6. The Morgan fingerprint density at radius 1 is 1.04 bits per heavy atom. The third kappa shape index (κ3) is 8.25. The maximum atomic E-state index is 12.6. The topological polar surface area (TPSA) is 75.7 Å². The molecule has 0 amide bonds. The summed E-state index contributed by atoms with van der Waals surface area (Å²) in [5, 5.41) is 18.3. The number of ether oxygens (including phenoxy) is 1. The van der Waals surface area contributed by atoms with E-state index in [0.717, 1.165) is 12.5 Å². The van der Waals surface area contributed by atoms with Crippen LogP contribution in [-0.4, -0.2) is 41.5 Å². The van der Waals surface area contributed by atoms with Crippen LogP contribution in [-0.2, 0) is 6.42 Å². The number of unbranched alkanes of at least 4 members (excludes halogenated alkanes) is 1. The summed E-state index contributed by atoms with van der Waals surface area (Å²) in [5.74, 6) is -1.91. The number of benzene rings is 1. The molecule has 4 N–H and O–H groups in total. The average Bonchev–Trinajstić information content (AvgIpc) is 2.52. The van der Waals surface area contributed by atoms with Crippen LogP contribution in [0.25, 0.3) is 0 Å². The number of halogens is 2. The zero-order valence-corrected chi connectivity index (χ0v) is 13.6. The molecule has 0 saturated carbocycles. The molecule has 0 aliphatic carbocycles. The third-order valence-corrected chi connectivity index (χ3v) is 3.74. The van der Waals surface area contributed by atoms with E-state index in [1.54, 1.807) is 0 Å². The Bertz CT molecular complexity index is 442. The Hall–Kier alpha value is -1.24. The number of aryl methyl sites for hydroxylation is 1. The maximum absolute atomic E-state index is 12.6. The first kappa shape index (κ1) is 19.8. The molecule has 0 aromatic heterocycles. The van der Waals surface area contributed by atoms with Crippen LogP contribution in [0.15, 0.2) is 24.3 Å². The van der Waals surface area contributed by atoms with E-state index in [4.69, 9.17) is 20.7 Å². The molecular weight excluding hydrogens is 304 g/mol. The van der Waals surface area contributed by atoms with Crippen LogP contribution in [0, 0.1) is 0 Å². The van der Waals surface area contributed by atoms with Gasteiger partial charge < -0.3 is 20.7 Å². The van der Waals surface area contributed by atoms with Crippen LogP contribution in [0.5, 0.6) is 5.75 Å². The summed E-state index contributed by atoms with van der Waals surface area (Å²) in [6.45, 7) is 0.815. The highest BCUT2D eigenvalue weighted by atomic mass is 19.3. The van der Waals surface area contributed by atoms with Gasteiger partial charge in [-0.2, -0.15) is 0 Å². The Morgan fingerprint density at radius 3 is 2.17 bits per heavy atom. The summed E-state index contributed by atoms with van der Waals surface area (Å²) >= 11 is 0. The molecule has 0 saturated heterocycles. The first-order chi connectivity index (χ1) is 10.8. The van der Waals surface area contributed by atoms with Gasteiger partial charge in [0.2, 0.25) is 5.92 Å². The van der Waals surface area contributed by atoms with Crippen LogP contribution >= 0.6 is 0 Å². The fourth-order valence-corrected chi connectivity index (χ4v) is 2.08. The summed E-state index contributed by atoms with van der Waals surface area (Å²) in [5.41, 5.74) is 5.89. The lowest BCUT2D eigenvalue weighted by atomic mass is 9.94. The van der Waals surface area contributed by atoms with Crippen molar-refractivity contribution in [3.8, 4) is 5.75 Å². The molecule has 1 rings (SSSR count). The SMILES string of the molecule is CC(F)(F)CCCCOc1ccc(CCC(N)(CO)CO)cc1. The zero-order chi connectivity index (χ0) is 17.3. The van der Waals surface area contributed by atoms with Gasteiger partial charge in [0.1, 0.15) is 5.75 Å². The highest BCUT2D eigenvalue weighted by Gasteiger charge is 2.22. The van der Waals surface area contributed by atoms with Crippen molar-refractivity contribution in [3.05, 3.63) is 29.8 Å². The van der Waals surface area contributed by atoms with Gasteiger partial charge in [-0.05, 0) is 50.3 Å². The second-order valence-electron chi connectivity index (χ2n) is 6.20. The molecule has 23 heavy (non-hydrogen) atoms. The lowest BCUT2D eigenvalue weighted by Crippen LogP contribution is -2.47. The van der Waals surface area contributed by atoms with Gasteiger partial charge in [-0.25, -0.2) is 8.78 Å². The largest absolute Gasteiger partial charge is 0.494 e. The van der Waals surface area contributed by atoms with E-state index in [-0.39, 0.29) is 19.6 Å². The van der Waals surface area contributed by atoms with Gasteiger partial charge in [0, 0.05) is 6.42 Å². The molecule has 0 atom stereocenters. The normalized spacial score (nSPS) is 12.4. The molecule has 132 valence electrons. The second-order valence-corrected chi connectivity index (χ2v) is 6.20. The summed E-state index contributed by atoms with van der Waals surface area (Å²) in [4.78, 5) is 0. The molecule has 0 radical (unpaired) electrons. The fourth-order valence-electron chi connectivity index (χ4n) is 2.08. The predicted molar refractivity (Wildman–Crippen MR) is 85.8 cm³/mol. The monoisotopic (exact) mass is 331 g/mol. The molecule has 0 fully saturated rings. The van der Waals surface area contributed by atoms with Gasteiger partial charge in [0.05, 0.1) is 25.4 Å². The van der Waals surface area contributed by atoms with Gasteiger partial charge in [-0.15, -0.1) is 0 Å². The number of aliphatic hydroxyl groups is 2. The molecule has 1 aromatic carbocycles. The van der Waals surface area contributed by atoms with E-state index < -0.39 is 11.5 Å². The van der Waals surface area contributed by atoms with Crippen molar-refractivity contribution in [2.75, 3.05) is 19.8 Å². The third-order valence-electron chi connectivity index (χ3n) is 3.74. The highest BCUT2D eigenvalue weighted by Crippen LogP contribution is 2.20. The molecule has 4 nitrogen and oxygen atoms in total. The van der Waals surface area contributed by atoms with Crippen molar-refractivity contribution < 1.29 is 23.7 Å². The quantitative estimate of drug-likeness (QED) is 0.545. The van der Waals surface area contributed by atoms with Gasteiger partial charge >= 0.3 is 0 Å². The first-order valence-electron chi connectivity index (χ1n) is 7.88. The smallest absolute Gasteiger partial charge is 0.245 e. The van der Waals surface area contributed by atoms with E-state index in [9.17, 15) is 8.78 Å². The number of aliphatic hydroxyl groups excluding tert-OH is 2. The molecule has 0 heterocycles. The van der Waals surface area contributed by atoms with E-state index >= 15 is 0 Å². The Labute approximate surface area is 136 Å². The van der Waals surface area contributed by atoms with Crippen molar-refractivity contribution in [3.63, 3.8) is 0 Å². The predicted octanol–water partition coefficient (Wildman–Crippen LogP) is 2.51. The summed E-state index contributed by atoms with van der Waals surface area (Å²) in [6.07, 6.45) is 2.02. The van der Waals surface area contributed by atoms with Crippen molar-refractivity contribution in [1.29, 1.82) is 0 Å². The lowest BCUT2D eigenvalue weighted by Gasteiger charge is -2.24. The molecule has 1 aromatic rings. The molecule has 0 bridgehead atoms. The minimum Gasteiger partial charge on any atom is -0.494 e. The van der Waals surface area contributed by atoms with Crippen LogP contribution in [0.2, 0.25) is 0 Å². The van der Waals surface area contributed by atoms with Crippen LogP contribution in [0.4, 0.5) is 8.78 Å². The van der Waals surface area contributed by atoms with Crippen LogP contribution in [0.3, 0.4) is 0 Å². The standard InChI is InChI=1S/C17H27F2NO3/c1-16(18,19)9-2-3-11-23-15-6-4-14(5-7-15)8-10-17(20,12-21)13-22/h4-7,21-22H,2-3,8-13,20H2,1H3. The highest BCUT2D eigenvalue weighted by molar-refractivity contribution is 5.27. The van der Waals surface area contributed by atoms with Crippen molar-refractivity contribution in [1.82, 2.24) is 0 Å². The Morgan fingerprint density at radius 2 is 1.65 bits per heavy atom. The van der Waals surface area contributed by atoms with E-state index in [1.165, 1.54) is 0 Å². The van der Waals surface area contributed by atoms with Crippen LogP contribution < -0.4 is 10.5 Å². The first-order valence-corrected chi connectivity index (χ1v) is 7.88. The van der Waals surface area contributed by atoms with E-state index in [2.05, 4.69) is 0 Å². The number of alkyl halides is 2. The molecule has 0 aliphatic heterocycles. The minimum atomic E-state index is -2.61. The Kier molecular flexibility index (Phi) is 7.88.